The van der Waals surface area contributed by atoms with Crippen LogP contribution < -0.4 is 10.2 Å². The molecule has 1 aliphatic rings. The van der Waals surface area contributed by atoms with Gasteiger partial charge in [0.2, 0.25) is 5.91 Å². The van der Waals surface area contributed by atoms with Crippen LogP contribution in [0.5, 0.6) is 0 Å². The molecule has 0 aromatic heterocycles. The molecule has 5 nitrogen and oxygen atoms in total. The Morgan fingerprint density at radius 1 is 1.24 bits per heavy atom. The number of benzene rings is 2. The molecule has 29 heavy (non-hydrogen) atoms. The summed E-state index contributed by atoms with van der Waals surface area (Å²) >= 11 is 0. The summed E-state index contributed by atoms with van der Waals surface area (Å²) in [7, 11) is 0. The van der Waals surface area contributed by atoms with E-state index < -0.39 is 0 Å². The van der Waals surface area contributed by atoms with Gasteiger partial charge in [-0.05, 0) is 54.8 Å². The van der Waals surface area contributed by atoms with E-state index in [1.54, 1.807) is 19.1 Å². The average molecular weight is 397 g/mol. The molecule has 3 rings (SSSR count). The van der Waals surface area contributed by atoms with Gasteiger partial charge in [-0.2, -0.15) is 0 Å². The van der Waals surface area contributed by atoms with E-state index in [0.29, 0.717) is 12.5 Å². The number of halogens is 1. The van der Waals surface area contributed by atoms with Crippen LogP contribution in [0.15, 0.2) is 42.5 Å². The molecule has 2 N–H and O–H groups in total. The van der Waals surface area contributed by atoms with Crippen molar-refractivity contribution in [2.45, 2.75) is 33.2 Å². The molecule has 1 saturated heterocycles. The summed E-state index contributed by atoms with van der Waals surface area (Å²) in [6, 6.07) is 12.3. The Labute approximate surface area is 172 Å². The normalized spacial score (nSPS) is 16.8. The van der Waals surface area contributed by atoms with Gasteiger partial charge in [0, 0.05) is 61.4 Å². The number of hydrogen-bond donors (Lipinski definition) is 2. The van der Waals surface area contributed by atoms with E-state index in [1.165, 1.54) is 18.3 Å². The summed E-state index contributed by atoms with van der Waals surface area (Å²) in [6.45, 7) is 8.28. The van der Waals surface area contributed by atoms with Crippen molar-refractivity contribution in [3.63, 3.8) is 0 Å². The molecule has 0 aliphatic carbocycles. The Kier molecular flexibility index (Phi) is 6.52. The Hall–Kier alpha value is -2.89. The van der Waals surface area contributed by atoms with Crippen LogP contribution in [0.25, 0.3) is 0 Å². The smallest absolute Gasteiger partial charge is 0.219 e. The maximum atomic E-state index is 13.1. The fourth-order valence-corrected chi connectivity index (χ4v) is 3.92. The third kappa shape index (κ3) is 5.13. The van der Waals surface area contributed by atoms with Crippen molar-refractivity contribution in [3.05, 3.63) is 53.8 Å². The van der Waals surface area contributed by atoms with Crippen LogP contribution >= 0.6 is 0 Å². The highest BCUT2D eigenvalue weighted by Crippen LogP contribution is 2.28. The highest BCUT2D eigenvalue weighted by molar-refractivity contribution is 5.89. The molecule has 0 saturated carbocycles. The topological polar surface area (TPSA) is 59.4 Å². The van der Waals surface area contributed by atoms with Gasteiger partial charge in [0.05, 0.1) is 0 Å². The second kappa shape index (κ2) is 9.07. The summed E-state index contributed by atoms with van der Waals surface area (Å²) < 4.78 is 13.1. The highest BCUT2D eigenvalue weighted by Gasteiger charge is 2.29. The number of nitrogens with one attached hydrogen (secondary N) is 2. The zero-order valence-electron chi connectivity index (χ0n) is 17.3. The lowest BCUT2D eigenvalue weighted by molar-refractivity contribution is -0.131. The molecule has 0 spiro atoms. The molecule has 1 fully saturated rings. The molecule has 1 atom stereocenters. The number of rotatable bonds is 6. The lowest BCUT2D eigenvalue weighted by Crippen LogP contribution is -2.55. The fraction of sp³-hybridized carbons (Fsp3) is 0.391. The number of nitrogens with zero attached hydrogens (tertiary/aromatic N) is 2. The predicted molar refractivity (Wildman–Crippen MR) is 117 cm³/mol. The van der Waals surface area contributed by atoms with E-state index in [-0.39, 0.29) is 17.8 Å². The number of piperazine rings is 1. The molecular formula is C23H29FN4O. The highest BCUT2D eigenvalue weighted by atomic mass is 19.1. The number of carbonyl (C=O) groups is 1. The van der Waals surface area contributed by atoms with E-state index in [1.807, 2.05) is 23.1 Å². The first-order chi connectivity index (χ1) is 13.9. The minimum absolute atomic E-state index is 0.134. The van der Waals surface area contributed by atoms with Gasteiger partial charge in [0.15, 0.2) is 0 Å². The van der Waals surface area contributed by atoms with E-state index >= 15 is 0 Å². The maximum Gasteiger partial charge on any atom is 0.219 e. The van der Waals surface area contributed by atoms with Gasteiger partial charge in [-0.3, -0.25) is 4.79 Å². The quantitative estimate of drug-likeness (QED) is 0.699. The predicted octanol–water partition coefficient (Wildman–Crippen LogP) is 4.65. The van der Waals surface area contributed by atoms with Crippen LogP contribution in [-0.4, -0.2) is 42.7 Å². The van der Waals surface area contributed by atoms with Crippen molar-refractivity contribution in [2.24, 2.45) is 5.92 Å². The molecule has 6 heteroatoms. The molecule has 2 aromatic rings. The molecule has 154 valence electrons. The van der Waals surface area contributed by atoms with Crippen LogP contribution in [-0.2, 0) is 4.79 Å². The molecular weight excluding hydrogens is 367 g/mol. The van der Waals surface area contributed by atoms with Gasteiger partial charge < -0.3 is 20.5 Å². The summed E-state index contributed by atoms with van der Waals surface area (Å²) in [5, 5.41) is 11.1. The Balaban J connectivity index is 1.79. The third-order valence-corrected chi connectivity index (χ3v) is 5.31. The third-order valence-electron chi connectivity index (χ3n) is 5.31. The van der Waals surface area contributed by atoms with Gasteiger partial charge in [-0.15, -0.1) is 0 Å². The van der Waals surface area contributed by atoms with Crippen LogP contribution in [0.1, 0.15) is 32.8 Å². The minimum Gasteiger partial charge on any atom is -0.368 e. The Bertz CT molecular complexity index is 866. The fourth-order valence-electron chi connectivity index (χ4n) is 3.92. The van der Waals surface area contributed by atoms with Crippen molar-refractivity contribution < 1.29 is 9.18 Å². The monoisotopic (exact) mass is 396 g/mol. The molecule has 0 bridgehead atoms. The molecule has 1 amide bonds. The van der Waals surface area contributed by atoms with Gasteiger partial charge in [0.25, 0.3) is 0 Å². The zero-order valence-corrected chi connectivity index (χ0v) is 17.3. The number of anilines is 3. The SMILES string of the molecule is CC(=O)N1CCN(c2ccc(Nc3ccc(F)cc3)c(C=N)c2)C[C@H]1CC(C)C. The minimum atomic E-state index is -0.279. The van der Waals surface area contributed by atoms with E-state index in [4.69, 9.17) is 5.41 Å². The van der Waals surface area contributed by atoms with Gasteiger partial charge >= 0.3 is 0 Å². The van der Waals surface area contributed by atoms with Gasteiger partial charge in [0.1, 0.15) is 5.82 Å². The standard InChI is InChI=1S/C23H29FN4O/c1-16(2)12-22-15-27(10-11-28(22)17(3)29)21-8-9-23(18(13-21)14-25)26-20-6-4-19(24)5-7-20/h4-9,13-14,16,22,25-26H,10-12,15H2,1-3H3/t22-/m1/s1. The first-order valence-electron chi connectivity index (χ1n) is 10.1. The first kappa shape index (κ1) is 20.8. The second-order valence-electron chi connectivity index (χ2n) is 7.99. The van der Waals surface area contributed by atoms with Crippen molar-refractivity contribution in [3.8, 4) is 0 Å². The molecule has 2 aromatic carbocycles. The van der Waals surface area contributed by atoms with Crippen molar-refractivity contribution in [1.82, 2.24) is 4.90 Å². The molecule has 0 unspecified atom stereocenters. The maximum absolute atomic E-state index is 13.1. The Morgan fingerprint density at radius 3 is 2.59 bits per heavy atom. The molecule has 1 heterocycles. The number of amides is 1. The Morgan fingerprint density at radius 2 is 1.97 bits per heavy atom. The van der Waals surface area contributed by atoms with Crippen molar-refractivity contribution in [1.29, 1.82) is 5.41 Å². The number of carbonyl (C=O) groups excluding carboxylic acids is 1. The van der Waals surface area contributed by atoms with Crippen molar-refractivity contribution >= 4 is 29.2 Å². The van der Waals surface area contributed by atoms with E-state index in [0.717, 1.165) is 42.1 Å². The van der Waals surface area contributed by atoms with Crippen LogP contribution in [0.4, 0.5) is 21.5 Å². The number of hydrogen-bond acceptors (Lipinski definition) is 4. The largest absolute Gasteiger partial charge is 0.368 e. The van der Waals surface area contributed by atoms with Crippen LogP contribution in [0.2, 0.25) is 0 Å². The lowest BCUT2D eigenvalue weighted by Gasteiger charge is -2.43. The average Bonchev–Trinajstić information content (AvgIpc) is 2.69. The summed E-state index contributed by atoms with van der Waals surface area (Å²) in [4.78, 5) is 16.3. The van der Waals surface area contributed by atoms with E-state index in [9.17, 15) is 9.18 Å². The first-order valence-corrected chi connectivity index (χ1v) is 10.1. The summed E-state index contributed by atoms with van der Waals surface area (Å²) in [5.41, 5.74) is 3.39. The lowest BCUT2D eigenvalue weighted by atomic mass is 9.99. The van der Waals surface area contributed by atoms with E-state index in [2.05, 4.69) is 24.1 Å². The second-order valence-corrected chi connectivity index (χ2v) is 7.99. The molecule has 0 radical (unpaired) electrons. The summed E-state index contributed by atoms with van der Waals surface area (Å²) in [6.07, 6.45) is 2.30. The van der Waals surface area contributed by atoms with Gasteiger partial charge in [-0.25, -0.2) is 4.39 Å². The van der Waals surface area contributed by atoms with Crippen LogP contribution in [0, 0.1) is 17.1 Å². The summed E-state index contributed by atoms with van der Waals surface area (Å²) in [5.74, 6) is 0.370. The zero-order chi connectivity index (χ0) is 21.0. The molecule has 1 aliphatic heterocycles. The van der Waals surface area contributed by atoms with Crippen LogP contribution in [0.3, 0.4) is 0 Å². The van der Waals surface area contributed by atoms with Crippen molar-refractivity contribution in [2.75, 3.05) is 29.9 Å². The van der Waals surface area contributed by atoms with Gasteiger partial charge in [-0.1, -0.05) is 13.8 Å².